The number of hydrogen-bond acceptors (Lipinski definition) is 6. The molecule has 1 atom stereocenters. The topological polar surface area (TPSA) is 97.6 Å². The molecular formula is C15H15N7OS. The highest BCUT2D eigenvalue weighted by atomic mass is 32.1. The summed E-state index contributed by atoms with van der Waals surface area (Å²) in [6.07, 6.45) is 3.20. The lowest BCUT2D eigenvalue weighted by Crippen LogP contribution is -2.43. The van der Waals surface area contributed by atoms with E-state index in [1.54, 1.807) is 6.33 Å². The third kappa shape index (κ3) is 3.11. The van der Waals surface area contributed by atoms with E-state index < -0.39 is 0 Å². The monoisotopic (exact) mass is 341 g/mol. The van der Waals surface area contributed by atoms with Crippen LogP contribution in [0.1, 0.15) is 12.2 Å². The molecule has 2 amide bonds. The lowest BCUT2D eigenvalue weighted by atomic mass is 10.1. The van der Waals surface area contributed by atoms with Crippen LogP contribution >= 0.6 is 11.5 Å². The number of carbonyl (C=O) groups is 1. The number of urea groups is 1. The third-order valence-electron chi connectivity index (χ3n) is 3.82. The third-order valence-corrected chi connectivity index (χ3v) is 4.45. The maximum atomic E-state index is 12.1. The number of nitrogens with one attached hydrogen (secondary N) is 2. The van der Waals surface area contributed by atoms with E-state index in [0.717, 1.165) is 35.8 Å². The molecule has 1 aromatic carbocycles. The molecule has 8 nitrogen and oxygen atoms in total. The number of amides is 2. The highest BCUT2D eigenvalue weighted by molar-refractivity contribution is 7.10. The zero-order chi connectivity index (χ0) is 16.4. The van der Waals surface area contributed by atoms with E-state index in [0.29, 0.717) is 17.5 Å². The molecule has 9 heteroatoms. The molecular weight excluding hydrogens is 326 g/mol. The zero-order valence-electron chi connectivity index (χ0n) is 12.7. The minimum atomic E-state index is -0.278. The van der Waals surface area contributed by atoms with Crippen molar-refractivity contribution in [1.29, 1.82) is 0 Å². The lowest BCUT2D eigenvalue weighted by molar-refractivity contribution is 0.243. The highest BCUT2D eigenvalue weighted by Gasteiger charge is 2.21. The van der Waals surface area contributed by atoms with Gasteiger partial charge in [0.05, 0.1) is 12.6 Å². The molecule has 24 heavy (non-hydrogen) atoms. The summed E-state index contributed by atoms with van der Waals surface area (Å²) in [5, 5.41) is 10.3. The Balaban J connectivity index is 1.36. The summed E-state index contributed by atoms with van der Waals surface area (Å²) in [4.78, 5) is 20.7. The molecule has 2 N–H and O–H groups in total. The number of rotatable bonds is 3. The number of benzene rings is 1. The molecule has 3 heterocycles. The minimum absolute atomic E-state index is 0.0284. The van der Waals surface area contributed by atoms with E-state index >= 15 is 0 Å². The number of hydrogen-bond donors (Lipinski definition) is 2. The first-order chi connectivity index (χ1) is 11.8. The molecule has 1 aliphatic rings. The normalized spacial score (nSPS) is 16.4. The molecule has 1 aliphatic heterocycles. The average molecular weight is 341 g/mol. The van der Waals surface area contributed by atoms with Crippen LogP contribution < -0.4 is 10.6 Å². The van der Waals surface area contributed by atoms with Gasteiger partial charge in [-0.15, -0.1) is 0 Å². The second-order valence-corrected chi connectivity index (χ2v) is 6.23. The Bertz CT molecular complexity index is 844. The van der Waals surface area contributed by atoms with Crippen molar-refractivity contribution in [2.45, 2.75) is 25.4 Å². The average Bonchev–Trinajstić information content (AvgIpc) is 3.24. The van der Waals surface area contributed by atoms with Crippen molar-refractivity contribution in [3.63, 3.8) is 0 Å². The van der Waals surface area contributed by atoms with Crippen molar-refractivity contribution in [2.75, 3.05) is 5.32 Å². The number of anilines is 1. The maximum Gasteiger partial charge on any atom is 0.321 e. The first kappa shape index (κ1) is 14.8. The van der Waals surface area contributed by atoms with Crippen LogP contribution in [-0.2, 0) is 13.0 Å². The van der Waals surface area contributed by atoms with Gasteiger partial charge in [0, 0.05) is 23.5 Å². The summed E-state index contributed by atoms with van der Waals surface area (Å²) in [5.74, 6) is 1.57. The summed E-state index contributed by atoms with van der Waals surface area (Å²) in [6.45, 7) is 0.633. The van der Waals surface area contributed by atoms with Crippen LogP contribution in [0.3, 0.4) is 0 Å². The fraction of sp³-hybridized carbons (Fsp3) is 0.267. The molecule has 0 spiro atoms. The molecule has 0 bridgehead atoms. The molecule has 4 rings (SSSR count). The van der Waals surface area contributed by atoms with E-state index in [9.17, 15) is 4.79 Å². The smallest absolute Gasteiger partial charge is 0.321 e. The molecule has 0 saturated carbocycles. The second kappa shape index (κ2) is 6.36. The molecule has 0 radical (unpaired) electrons. The Morgan fingerprint density at radius 3 is 3.04 bits per heavy atom. The van der Waals surface area contributed by atoms with Gasteiger partial charge in [-0.1, -0.05) is 30.3 Å². The van der Waals surface area contributed by atoms with Crippen molar-refractivity contribution in [1.82, 2.24) is 29.4 Å². The van der Waals surface area contributed by atoms with Crippen LogP contribution in [0, 0.1) is 0 Å². The van der Waals surface area contributed by atoms with Crippen LogP contribution in [0.4, 0.5) is 9.93 Å². The van der Waals surface area contributed by atoms with Gasteiger partial charge in [0.1, 0.15) is 12.2 Å². The quantitative estimate of drug-likeness (QED) is 0.759. The van der Waals surface area contributed by atoms with E-state index in [-0.39, 0.29) is 12.1 Å². The van der Waals surface area contributed by atoms with Gasteiger partial charge in [-0.2, -0.15) is 14.5 Å². The predicted molar refractivity (Wildman–Crippen MR) is 89.6 cm³/mol. The van der Waals surface area contributed by atoms with Gasteiger partial charge >= 0.3 is 6.03 Å². The van der Waals surface area contributed by atoms with Crippen LogP contribution in [0.2, 0.25) is 0 Å². The van der Waals surface area contributed by atoms with Gasteiger partial charge in [-0.3, -0.25) is 5.32 Å². The molecule has 0 fully saturated rings. The van der Waals surface area contributed by atoms with Crippen LogP contribution in [0.25, 0.3) is 11.4 Å². The number of carbonyl (C=O) groups excluding carboxylic acids is 1. The van der Waals surface area contributed by atoms with Crippen molar-refractivity contribution < 1.29 is 4.79 Å². The van der Waals surface area contributed by atoms with Crippen molar-refractivity contribution in [2.24, 2.45) is 0 Å². The highest BCUT2D eigenvalue weighted by Crippen LogP contribution is 2.20. The van der Waals surface area contributed by atoms with Crippen molar-refractivity contribution in [3.8, 4) is 11.4 Å². The Hall–Kier alpha value is -2.81. The van der Waals surface area contributed by atoms with Gasteiger partial charge in [0.2, 0.25) is 5.13 Å². The minimum Gasteiger partial charge on any atom is -0.333 e. The van der Waals surface area contributed by atoms with Crippen molar-refractivity contribution in [3.05, 3.63) is 42.5 Å². The molecule has 0 aliphatic carbocycles. The molecule has 0 saturated heterocycles. The second-order valence-electron chi connectivity index (χ2n) is 5.48. The Morgan fingerprint density at radius 2 is 2.17 bits per heavy atom. The van der Waals surface area contributed by atoms with Crippen LogP contribution in [0.5, 0.6) is 0 Å². The molecule has 3 aromatic rings. The van der Waals surface area contributed by atoms with Gasteiger partial charge in [0.25, 0.3) is 0 Å². The van der Waals surface area contributed by atoms with E-state index in [4.69, 9.17) is 0 Å². The summed E-state index contributed by atoms with van der Waals surface area (Å²) in [6, 6.07) is 9.41. The van der Waals surface area contributed by atoms with Gasteiger partial charge in [-0.05, 0) is 6.42 Å². The summed E-state index contributed by atoms with van der Waals surface area (Å²) in [7, 11) is 0. The summed E-state index contributed by atoms with van der Waals surface area (Å²) < 4.78 is 6.10. The fourth-order valence-electron chi connectivity index (χ4n) is 2.65. The van der Waals surface area contributed by atoms with Crippen molar-refractivity contribution >= 4 is 22.7 Å². The Kier molecular flexibility index (Phi) is 3.91. The molecule has 122 valence electrons. The summed E-state index contributed by atoms with van der Waals surface area (Å²) in [5.41, 5.74) is 0.924. The first-order valence-corrected chi connectivity index (χ1v) is 8.38. The first-order valence-electron chi connectivity index (χ1n) is 7.61. The van der Waals surface area contributed by atoms with E-state index in [1.165, 1.54) is 0 Å². The number of aryl methyl sites for hydroxylation is 1. The van der Waals surface area contributed by atoms with Crippen LogP contribution in [-0.4, -0.2) is 36.2 Å². The number of aromatic nitrogens is 5. The molecule has 2 aromatic heterocycles. The Labute approximate surface area is 142 Å². The van der Waals surface area contributed by atoms with Gasteiger partial charge in [-0.25, -0.2) is 14.5 Å². The SMILES string of the molecule is O=C(Nc1nc(-c2ccccc2)ns1)N[C@@H]1CCc2ncnn2C1. The standard InChI is InChI=1S/C15H15N7OS/c23-14(18-11-6-7-12-16-9-17-22(12)8-11)20-15-19-13(21-24-15)10-4-2-1-3-5-10/h1-5,9,11H,6-8H2,(H2,18,19,20,21,23)/t11-/m1/s1. The predicted octanol–water partition coefficient (Wildman–Crippen LogP) is 1.93. The lowest BCUT2D eigenvalue weighted by Gasteiger charge is -2.23. The summed E-state index contributed by atoms with van der Waals surface area (Å²) >= 11 is 1.16. The molecule has 0 unspecified atom stereocenters. The van der Waals surface area contributed by atoms with Gasteiger partial charge in [0.15, 0.2) is 5.82 Å². The largest absolute Gasteiger partial charge is 0.333 e. The van der Waals surface area contributed by atoms with Gasteiger partial charge < -0.3 is 5.32 Å². The van der Waals surface area contributed by atoms with Crippen LogP contribution in [0.15, 0.2) is 36.7 Å². The number of fused-ring (bicyclic) bond motifs is 1. The number of nitrogens with zero attached hydrogens (tertiary/aromatic N) is 5. The van der Waals surface area contributed by atoms with E-state index in [2.05, 4.69) is 30.1 Å². The zero-order valence-corrected chi connectivity index (χ0v) is 13.5. The Morgan fingerprint density at radius 1 is 1.29 bits per heavy atom. The maximum absolute atomic E-state index is 12.1. The van der Waals surface area contributed by atoms with E-state index in [1.807, 2.05) is 35.0 Å². The fourth-order valence-corrected chi connectivity index (χ4v) is 3.24.